The molecule has 0 aliphatic rings. The maximum absolute atomic E-state index is 12.1. The number of hydrogen-bond donors (Lipinski definition) is 2. The van der Waals surface area contributed by atoms with Crippen molar-refractivity contribution in [1.29, 1.82) is 0 Å². The first-order valence-corrected chi connectivity index (χ1v) is 7.86. The van der Waals surface area contributed by atoms with Crippen LogP contribution < -0.4 is 11.1 Å². The second-order valence-electron chi connectivity index (χ2n) is 4.76. The third-order valence-electron chi connectivity index (χ3n) is 3.08. The average Bonchev–Trinajstić information content (AvgIpc) is 2.38. The standard InChI is InChI=1S/C13H14N2O5S/c1-7(6-21(2)20)15-10-5-8(13(18)19)3-4-9(10)14-11(16)12(15)17/h3-5,7H,6H2,1-2H3,(H,14,16)(H,18,19). The van der Waals surface area contributed by atoms with E-state index in [0.29, 0.717) is 11.0 Å². The van der Waals surface area contributed by atoms with Crippen LogP contribution in [0.3, 0.4) is 0 Å². The number of aromatic carboxylic acids is 1. The Kier molecular flexibility index (Phi) is 4.08. The molecule has 0 radical (unpaired) electrons. The third-order valence-corrected chi connectivity index (χ3v) is 4.03. The van der Waals surface area contributed by atoms with Gasteiger partial charge in [-0.2, -0.15) is 0 Å². The van der Waals surface area contributed by atoms with E-state index in [9.17, 15) is 18.6 Å². The normalized spacial score (nSPS) is 14.0. The van der Waals surface area contributed by atoms with Crippen LogP contribution in [-0.4, -0.2) is 36.8 Å². The molecule has 1 aromatic heterocycles. The van der Waals surface area contributed by atoms with Crippen molar-refractivity contribution < 1.29 is 14.1 Å². The van der Waals surface area contributed by atoms with E-state index in [2.05, 4.69) is 4.98 Å². The first-order valence-electron chi connectivity index (χ1n) is 6.13. The summed E-state index contributed by atoms with van der Waals surface area (Å²) in [5, 5.41) is 9.04. The van der Waals surface area contributed by atoms with Crippen LogP contribution in [0.4, 0.5) is 0 Å². The van der Waals surface area contributed by atoms with Gasteiger partial charge in [-0.15, -0.1) is 0 Å². The van der Waals surface area contributed by atoms with Crippen LogP contribution in [0.2, 0.25) is 0 Å². The molecule has 0 fully saturated rings. The largest absolute Gasteiger partial charge is 0.478 e. The monoisotopic (exact) mass is 310 g/mol. The van der Waals surface area contributed by atoms with E-state index in [4.69, 9.17) is 5.11 Å². The van der Waals surface area contributed by atoms with Crippen LogP contribution in [0.15, 0.2) is 27.8 Å². The summed E-state index contributed by atoms with van der Waals surface area (Å²) in [4.78, 5) is 37.2. The molecule has 2 rings (SSSR count). The Hall–Kier alpha value is -2.22. The van der Waals surface area contributed by atoms with Gasteiger partial charge in [-0.1, -0.05) is 0 Å². The third kappa shape index (κ3) is 2.94. The summed E-state index contributed by atoms with van der Waals surface area (Å²) in [6.45, 7) is 1.66. The highest BCUT2D eigenvalue weighted by molar-refractivity contribution is 7.84. The molecule has 21 heavy (non-hydrogen) atoms. The fourth-order valence-corrected chi connectivity index (χ4v) is 3.04. The Bertz CT molecular complexity index is 852. The van der Waals surface area contributed by atoms with Crippen LogP contribution in [-0.2, 0) is 10.8 Å². The molecule has 0 amide bonds. The highest BCUT2D eigenvalue weighted by atomic mass is 32.2. The van der Waals surface area contributed by atoms with Gasteiger partial charge in [-0.05, 0) is 25.1 Å². The van der Waals surface area contributed by atoms with Gasteiger partial charge in [0.05, 0.1) is 16.6 Å². The van der Waals surface area contributed by atoms with Gasteiger partial charge in [0, 0.05) is 28.9 Å². The first-order chi connectivity index (χ1) is 9.81. The lowest BCUT2D eigenvalue weighted by atomic mass is 10.2. The Morgan fingerprint density at radius 3 is 2.67 bits per heavy atom. The summed E-state index contributed by atoms with van der Waals surface area (Å²) in [5.74, 6) is -0.940. The molecule has 112 valence electrons. The molecule has 7 nitrogen and oxygen atoms in total. The molecule has 0 aliphatic carbocycles. The molecule has 8 heteroatoms. The fraction of sp³-hybridized carbons (Fsp3) is 0.308. The smallest absolute Gasteiger partial charge is 0.335 e. The van der Waals surface area contributed by atoms with E-state index in [0.717, 1.165) is 0 Å². The van der Waals surface area contributed by atoms with Crippen molar-refractivity contribution in [3.05, 3.63) is 44.5 Å². The predicted molar refractivity (Wildman–Crippen MR) is 79.4 cm³/mol. The van der Waals surface area contributed by atoms with Crippen molar-refractivity contribution in [3.63, 3.8) is 0 Å². The zero-order valence-electron chi connectivity index (χ0n) is 11.5. The van der Waals surface area contributed by atoms with Crippen LogP contribution in [0, 0.1) is 0 Å². The number of H-pyrrole nitrogens is 1. The van der Waals surface area contributed by atoms with Gasteiger partial charge in [0.1, 0.15) is 0 Å². The van der Waals surface area contributed by atoms with Crippen LogP contribution in [0.25, 0.3) is 11.0 Å². The van der Waals surface area contributed by atoms with E-state index in [1.54, 1.807) is 6.92 Å². The molecular weight excluding hydrogens is 296 g/mol. The van der Waals surface area contributed by atoms with E-state index >= 15 is 0 Å². The van der Waals surface area contributed by atoms with Crippen LogP contribution >= 0.6 is 0 Å². The highest BCUT2D eigenvalue weighted by Gasteiger charge is 2.16. The number of carboxylic acid groups (broad SMARTS) is 1. The predicted octanol–water partition coefficient (Wildman–Crippen LogP) is 0.327. The number of hydrogen-bond acceptors (Lipinski definition) is 4. The van der Waals surface area contributed by atoms with Crippen LogP contribution in [0.5, 0.6) is 0 Å². The van der Waals surface area contributed by atoms with Gasteiger partial charge in [0.15, 0.2) is 0 Å². The van der Waals surface area contributed by atoms with E-state index in [-0.39, 0.29) is 11.3 Å². The maximum Gasteiger partial charge on any atom is 0.335 e. The Morgan fingerprint density at radius 1 is 1.43 bits per heavy atom. The number of carboxylic acids is 1. The lowest BCUT2D eigenvalue weighted by molar-refractivity contribution is 0.0697. The molecule has 2 N–H and O–H groups in total. The Labute approximate surface area is 121 Å². The summed E-state index contributed by atoms with van der Waals surface area (Å²) in [6.07, 6.45) is 1.50. The van der Waals surface area contributed by atoms with Gasteiger partial charge in [-0.25, -0.2) is 4.79 Å². The fourth-order valence-electron chi connectivity index (χ4n) is 2.22. The lowest BCUT2D eigenvalue weighted by Crippen LogP contribution is -2.39. The van der Waals surface area contributed by atoms with Crippen molar-refractivity contribution in [3.8, 4) is 0 Å². The van der Waals surface area contributed by atoms with E-state index in [1.807, 2.05) is 0 Å². The molecule has 1 heterocycles. The minimum absolute atomic E-state index is 0.00696. The van der Waals surface area contributed by atoms with E-state index in [1.165, 1.54) is 29.0 Å². The quantitative estimate of drug-likeness (QED) is 0.791. The summed E-state index contributed by atoms with van der Waals surface area (Å²) < 4.78 is 12.5. The van der Waals surface area contributed by atoms with Gasteiger partial charge in [-0.3, -0.25) is 18.4 Å². The van der Waals surface area contributed by atoms with Gasteiger partial charge < -0.3 is 10.1 Å². The lowest BCUT2D eigenvalue weighted by Gasteiger charge is -2.16. The first kappa shape index (κ1) is 15.2. The minimum atomic E-state index is -1.16. The van der Waals surface area contributed by atoms with Crippen molar-refractivity contribution in [2.45, 2.75) is 13.0 Å². The molecule has 2 atom stereocenters. The SMILES string of the molecule is CC(CS(C)=O)n1c(=O)c(=O)[nH]c2ccc(C(=O)O)cc21. The van der Waals surface area contributed by atoms with Gasteiger partial charge in [0.2, 0.25) is 0 Å². The molecule has 2 aromatic rings. The van der Waals surface area contributed by atoms with Gasteiger partial charge in [0.25, 0.3) is 0 Å². The molecule has 2 unspecified atom stereocenters. The molecule has 0 saturated heterocycles. The molecule has 1 aromatic carbocycles. The van der Waals surface area contributed by atoms with Crippen molar-refractivity contribution >= 4 is 27.8 Å². The summed E-state index contributed by atoms with van der Waals surface area (Å²) in [6, 6.07) is 3.62. The number of nitrogens with zero attached hydrogens (tertiary/aromatic N) is 1. The van der Waals surface area contributed by atoms with Crippen LogP contribution in [0.1, 0.15) is 23.3 Å². The van der Waals surface area contributed by atoms with Crippen molar-refractivity contribution in [2.75, 3.05) is 12.0 Å². The average molecular weight is 310 g/mol. The summed E-state index contributed by atoms with van der Waals surface area (Å²) in [7, 11) is -1.16. The maximum atomic E-state index is 12.1. The second kappa shape index (κ2) is 5.65. The number of rotatable bonds is 4. The topological polar surface area (TPSA) is 109 Å². The van der Waals surface area contributed by atoms with Crippen molar-refractivity contribution in [2.24, 2.45) is 0 Å². The molecule has 0 bridgehead atoms. The zero-order valence-corrected chi connectivity index (χ0v) is 12.3. The Balaban J connectivity index is 2.81. The molecule has 0 spiro atoms. The van der Waals surface area contributed by atoms with Crippen molar-refractivity contribution in [1.82, 2.24) is 9.55 Å². The molecule has 0 saturated carbocycles. The summed E-state index contributed by atoms with van der Waals surface area (Å²) in [5.41, 5.74) is -0.911. The number of carbonyl (C=O) groups is 1. The zero-order chi connectivity index (χ0) is 15.7. The molecular formula is C13H14N2O5S. The molecule has 0 aliphatic heterocycles. The Morgan fingerprint density at radius 2 is 2.10 bits per heavy atom. The number of aromatic amines is 1. The number of aromatic nitrogens is 2. The van der Waals surface area contributed by atoms with E-state index < -0.39 is 33.9 Å². The number of fused-ring (bicyclic) bond motifs is 1. The minimum Gasteiger partial charge on any atom is -0.478 e. The second-order valence-corrected chi connectivity index (χ2v) is 6.23. The number of nitrogens with one attached hydrogen (secondary N) is 1. The highest BCUT2D eigenvalue weighted by Crippen LogP contribution is 2.16. The number of benzene rings is 1. The van der Waals surface area contributed by atoms with Gasteiger partial charge >= 0.3 is 17.1 Å². The summed E-state index contributed by atoms with van der Waals surface area (Å²) >= 11 is 0.